The average Bonchev–Trinajstić information content (AvgIpc) is 3.22. The molecule has 3 unspecified atom stereocenters. The normalized spacial score (nSPS) is 22.6. The molecule has 0 radical (unpaired) electrons. The summed E-state index contributed by atoms with van der Waals surface area (Å²) in [6.07, 6.45) is 5.98. The van der Waals surface area contributed by atoms with Gasteiger partial charge in [0.25, 0.3) is 0 Å². The summed E-state index contributed by atoms with van der Waals surface area (Å²) in [6, 6.07) is 10.8. The number of aromatic hydroxyl groups is 1. The number of nitrogens with one attached hydrogen (secondary N) is 2. The Morgan fingerprint density at radius 2 is 2.07 bits per heavy atom. The summed E-state index contributed by atoms with van der Waals surface area (Å²) < 4.78 is 33.1. The molecule has 0 spiro atoms. The van der Waals surface area contributed by atoms with Crippen molar-refractivity contribution in [3.63, 3.8) is 0 Å². The van der Waals surface area contributed by atoms with Crippen molar-refractivity contribution in [3.05, 3.63) is 59.7 Å². The van der Waals surface area contributed by atoms with Gasteiger partial charge in [0.2, 0.25) is 10.0 Å². The number of methoxy groups -OCH3 is 1. The van der Waals surface area contributed by atoms with E-state index in [2.05, 4.69) is 22.2 Å². The van der Waals surface area contributed by atoms with E-state index in [1.807, 2.05) is 25.1 Å². The Labute approximate surface area is 171 Å². The van der Waals surface area contributed by atoms with Crippen LogP contribution in [0.3, 0.4) is 0 Å². The van der Waals surface area contributed by atoms with Crippen LogP contribution in [0.4, 0.5) is 5.69 Å². The fraction of sp³-hybridized carbons (Fsp3) is 0.364. The number of benzene rings is 2. The molecule has 6 nitrogen and oxygen atoms in total. The van der Waals surface area contributed by atoms with Crippen LogP contribution in [0.5, 0.6) is 11.5 Å². The molecule has 2 aromatic carbocycles. The zero-order valence-corrected chi connectivity index (χ0v) is 17.4. The molecule has 0 saturated heterocycles. The van der Waals surface area contributed by atoms with Crippen LogP contribution in [0.15, 0.2) is 53.4 Å². The minimum atomic E-state index is -3.51. The highest BCUT2D eigenvalue weighted by Crippen LogP contribution is 2.50. The standard InChI is InChI=1S/C22H26N2O4S/c1-3-11-23-29(26,27)15-8-9-19-18(13-15)16-5-4-6-17(16)22(24-19)14-7-10-20(25)21(12-14)28-2/h4-5,7-10,12-13,16-17,22-25H,3,6,11H2,1-2H3. The summed E-state index contributed by atoms with van der Waals surface area (Å²) in [5, 5.41) is 13.5. The van der Waals surface area contributed by atoms with Crippen molar-refractivity contribution in [2.45, 2.75) is 36.6 Å². The lowest BCUT2D eigenvalue weighted by Gasteiger charge is -2.37. The molecule has 7 heteroatoms. The van der Waals surface area contributed by atoms with Crippen LogP contribution in [-0.4, -0.2) is 27.2 Å². The lowest BCUT2D eigenvalue weighted by atomic mass is 9.77. The van der Waals surface area contributed by atoms with Crippen molar-refractivity contribution in [3.8, 4) is 11.5 Å². The van der Waals surface area contributed by atoms with E-state index >= 15 is 0 Å². The molecule has 29 heavy (non-hydrogen) atoms. The maximum atomic E-state index is 12.6. The number of hydrogen-bond acceptors (Lipinski definition) is 5. The Kier molecular flexibility index (Phi) is 5.27. The average molecular weight is 415 g/mol. The van der Waals surface area contributed by atoms with Crippen LogP contribution in [0.25, 0.3) is 0 Å². The summed E-state index contributed by atoms with van der Waals surface area (Å²) in [5.74, 6) is 0.958. The van der Waals surface area contributed by atoms with Gasteiger partial charge in [0.1, 0.15) is 0 Å². The molecule has 2 aliphatic rings. The highest BCUT2D eigenvalue weighted by Gasteiger charge is 2.38. The van der Waals surface area contributed by atoms with E-state index in [4.69, 9.17) is 4.74 Å². The van der Waals surface area contributed by atoms with E-state index in [-0.39, 0.29) is 23.6 Å². The van der Waals surface area contributed by atoms with E-state index in [1.54, 1.807) is 18.2 Å². The summed E-state index contributed by atoms with van der Waals surface area (Å²) in [5.41, 5.74) is 2.97. The Hall–Kier alpha value is -2.51. The number of fused-ring (bicyclic) bond motifs is 3. The lowest BCUT2D eigenvalue weighted by molar-refractivity contribution is 0.370. The fourth-order valence-electron chi connectivity index (χ4n) is 4.28. The van der Waals surface area contributed by atoms with Gasteiger partial charge in [-0.15, -0.1) is 0 Å². The topological polar surface area (TPSA) is 87.7 Å². The quantitative estimate of drug-likeness (QED) is 0.624. The summed E-state index contributed by atoms with van der Waals surface area (Å²) in [4.78, 5) is 0.301. The number of phenols is 1. The van der Waals surface area contributed by atoms with Crippen molar-refractivity contribution in [1.82, 2.24) is 4.72 Å². The van der Waals surface area contributed by atoms with Crippen LogP contribution in [0.2, 0.25) is 0 Å². The predicted octanol–water partition coefficient (Wildman–Crippen LogP) is 3.92. The van der Waals surface area contributed by atoms with Crippen LogP contribution < -0.4 is 14.8 Å². The van der Waals surface area contributed by atoms with Crippen molar-refractivity contribution in [2.75, 3.05) is 19.0 Å². The third-order valence-corrected chi connectivity index (χ3v) is 7.21. The van der Waals surface area contributed by atoms with Gasteiger partial charge in [-0.25, -0.2) is 13.1 Å². The van der Waals surface area contributed by atoms with E-state index in [1.165, 1.54) is 7.11 Å². The Bertz CT molecular complexity index is 1050. The molecular formula is C22H26N2O4S. The fourth-order valence-corrected chi connectivity index (χ4v) is 5.45. The predicted molar refractivity (Wildman–Crippen MR) is 113 cm³/mol. The van der Waals surface area contributed by atoms with Gasteiger partial charge in [-0.3, -0.25) is 0 Å². The molecule has 0 fully saturated rings. The van der Waals surface area contributed by atoms with Gasteiger partial charge in [-0.1, -0.05) is 25.1 Å². The second-order valence-electron chi connectivity index (χ2n) is 7.55. The minimum absolute atomic E-state index is 0.0395. The van der Waals surface area contributed by atoms with Gasteiger partial charge in [0.05, 0.1) is 18.0 Å². The molecule has 3 atom stereocenters. The van der Waals surface area contributed by atoms with Gasteiger partial charge < -0.3 is 15.2 Å². The highest BCUT2D eigenvalue weighted by molar-refractivity contribution is 7.89. The largest absolute Gasteiger partial charge is 0.504 e. The first-order valence-corrected chi connectivity index (χ1v) is 11.4. The Morgan fingerprint density at radius 1 is 1.24 bits per heavy atom. The maximum Gasteiger partial charge on any atom is 0.240 e. The first kappa shape index (κ1) is 19.8. The molecule has 4 rings (SSSR count). The van der Waals surface area contributed by atoms with Gasteiger partial charge in [0.15, 0.2) is 11.5 Å². The van der Waals surface area contributed by atoms with Crippen LogP contribution >= 0.6 is 0 Å². The second kappa shape index (κ2) is 7.72. The molecule has 1 heterocycles. The Morgan fingerprint density at radius 3 is 2.83 bits per heavy atom. The van der Waals surface area contributed by atoms with E-state index < -0.39 is 10.0 Å². The van der Waals surface area contributed by atoms with Gasteiger partial charge in [-0.2, -0.15) is 0 Å². The van der Waals surface area contributed by atoms with Crippen LogP contribution in [0, 0.1) is 5.92 Å². The number of rotatable bonds is 6. The molecular weight excluding hydrogens is 388 g/mol. The molecule has 3 N–H and O–H groups in total. The number of phenolic OH excluding ortho intramolecular Hbond substituents is 1. The van der Waals surface area contributed by atoms with Crippen LogP contribution in [-0.2, 0) is 10.0 Å². The van der Waals surface area contributed by atoms with Gasteiger partial charge in [-0.05, 0) is 60.2 Å². The molecule has 1 aliphatic heterocycles. The Balaban J connectivity index is 1.71. The first-order valence-electron chi connectivity index (χ1n) is 9.88. The summed E-state index contributed by atoms with van der Waals surface area (Å²) in [7, 11) is -1.97. The number of allylic oxidation sites excluding steroid dienone is 2. The van der Waals surface area contributed by atoms with Crippen molar-refractivity contribution < 1.29 is 18.3 Å². The zero-order chi connectivity index (χ0) is 20.6. The SMILES string of the molecule is CCCNS(=O)(=O)c1ccc2c(c1)C1C=CCC1C(c1ccc(O)c(OC)c1)N2. The third-order valence-electron chi connectivity index (χ3n) is 5.75. The summed E-state index contributed by atoms with van der Waals surface area (Å²) >= 11 is 0. The number of ether oxygens (including phenoxy) is 1. The number of sulfonamides is 1. The van der Waals surface area contributed by atoms with Gasteiger partial charge >= 0.3 is 0 Å². The van der Waals surface area contributed by atoms with E-state index in [9.17, 15) is 13.5 Å². The minimum Gasteiger partial charge on any atom is -0.504 e. The van der Waals surface area contributed by atoms with Gasteiger partial charge in [0, 0.05) is 18.2 Å². The number of hydrogen-bond donors (Lipinski definition) is 3. The zero-order valence-electron chi connectivity index (χ0n) is 16.6. The van der Waals surface area contributed by atoms with E-state index in [0.29, 0.717) is 17.2 Å². The smallest absolute Gasteiger partial charge is 0.240 e. The molecule has 1 aliphatic carbocycles. The lowest BCUT2D eigenvalue weighted by Crippen LogP contribution is -2.30. The second-order valence-corrected chi connectivity index (χ2v) is 9.32. The van der Waals surface area contributed by atoms with Crippen molar-refractivity contribution >= 4 is 15.7 Å². The molecule has 154 valence electrons. The third kappa shape index (κ3) is 3.60. The van der Waals surface area contributed by atoms with Crippen LogP contribution in [0.1, 0.15) is 42.9 Å². The van der Waals surface area contributed by atoms with E-state index in [0.717, 1.165) is 29.7 Å². The monoisotopic (exact) mass is 414 g/mol. The number of anilines is 1. The molecule has 0 bridgehead atoms. The van der Waals surface area contributed by atoms with Crippen molar-refractivity contribution in [1.29, 1.82) is 0 Å². The molecule has 0 saturated carbocycles. The molecule has 0 amide bonds. The molecule has 0 aromatic heterocycles. The summed E-state index contributed by atoms with van der Waals surface area (Å²) in [6.45, 7) is 2.36. The first-order chi connectivity index (χ1) is 13.9. The maximum absolute atomic E-state index is 12.6. The van der Waals surface area contributed by atoms with Crippen molar-refractivity contribution in [2.24, 2.45) is 5.92 Å². The highest BCUT2D eigenvalue weighted by atomic mass is 32.2. The molecule has 2 aromatic rings.